The summed E-state index contributed by atoms with van der Waals surface area (Å²) >= 11 is -2.20. The van der Waals surface area contributed by atoms with Crippen molar-refractivity contribution in [3.8, 4) is 0 Å². The van der Waals surface area contributed by atoms with Crippen LogP contribution in [0.5, 0.6) is 0 Å². The normalized spacial score (nSPS) is 13.1. The molecule has 0 aliphatic carbocycles. The minimum atomic E-state index is -2.20. The number of rotatable bonds is 13. The van der Waals surface area contributed by atoms with Crippen LogP contribution in [0, 0.1) is 0 Å². The Morgan fingerprint density at radius 2 is 1.33 bits per heavy atom. The third kappa shape index (κ3) is 12.3. The van der Waals surface area contributed by atoms with Gasteiger partial charge in [0.15, 0.2) is 0 Å². The summed E-state index contributed by atoms with van der Waals surface area (Å²) in [5.41, 5.74) is 0. The Balaban J connectivity index is 4.94. The van der Waals surface area contributed by atoms with E-state index in [4.69, 9.17) is 4.43 Å². The van der Waals surface area contributed by atoms with Crippen molar-refractivity contribution in [1.82, 2.24) is 0 Å². The van der Waals surface area contributed by atoms with Gasteiger partial charge in [-0.05, 0) is 0 Å². The van der Waals surface area contributed by atoms with E-state index < -0.39 is 26.7 Å². The Morgan fingerprint density at radius 1 is 0.875 bits per heavy atom. The van der Waals surface area contributed by atoms with Crippen LogP contribution in [-0.2, 0) is 9.22 Å². The van der Waals surface area contributed by atoms with Crippen LogP contribution in [0.15, 0.2) is 22.3 Å². The molecule has 0 heterocycles. The Kier molecular flexibility index (Phi) is 13.2. The predicted molar refractivity (Wildman–Crippen MR) is 113 cm³/mol. The molecule has 0 radical (unpaired) electrons. The molecule has 140 valence electrons. The molecule has 0 saturated heterocycles. The van der Waals surface area contributed by atoms with E-state index in [1.165, 1.54) is 51.8 Å². The van der Waals surface area contributed by atoms with Crippen LogP contribution in [0.3, 0.4) is 0 Å². The van der Waals surface area contributed by atoms with Crippen molar-refractivity contribution in [2.24, 2.45) is 0 Å². The molecule has 0 fully saturated rings. The van der Waals surface area contributed by atoms with E-state index in [-0.39, 0.29) is 5.97 Å². The fourth-order valence-corrected chi connectivity index (χ4v) is 17.7. The number of hydrogen-bond acceptors (Lipinski definition) is 2. The van der Waals surface area contributed by atoms with Gasteiger partial charge in [-0.3, -0.25) is 0 Å². The summed E-state index contributed by atoms with van der Waals surface area (Å²) in [6, 6.07) is 0. The summed E-state index contributed by atoms with van der Waals surface area (Å²) in [6.45, 7) is 13.0. The van der Waals surface area contributed by atoms with Gasteiger partial charge in [0.2, 0.25) is 0 Å². The fraction of sp³-hybridized carbons (Fsp3) is 0.750. The Bertz CT molecular complexity index is 375. The van der Waals surface area contributed by atoms with Crippen molar-refractivity contribution in [2.75, 3.05) is 0 Å². The van der Waals surface area contributed by atoms with Gasteiger partial charge in [0.1, 0.15) is 0 Å². The first-order chi connectivity index (χ1) is 11.3. The van der Waals surface area contributed by atoms with Crippen LogP contribution in [0.4, 0.5) is 0 Å². The predicted octanol–water partition coefficient (Wildman–Crippen LogP) is 6.87. The van der Waals surface area contributed by atoms with E-state index >= 15 is 0 Å². The number of carbonyl (C=O) groups is 1. The SMILES string of the molecule is CCC[CH2][Sn](/[CH]=C/C=C/C(=O)O[Si](C)(C)C)([CH2]CCC)[CH2]CCC. The standard InChI is InChI=1S/C8H13O2Si.3C4H9.Sn/c1-5-6-7-8(9)10-11(2,3)4;3*1-3-4-2;/h1,5-7H,2-4H3;3*1,3-4H2,2H3;/b5-1?,7-6+;;;;. The van der Waals surface area contributed by atoms with Crippen molar-refractivity contribution in [2.45, 2.75) is 92.2 Å². The second-order valence-electron chi connectivity index (χ2n) is 7.92. The Morgan fingerprint density at radius 3 is 1.71 bits per heavy atom. The number of allylic oxidation sites excluding steroid dienone is 2. The molecule has 0 rings (SSSR count). The van der Waals surface area contributed by atoms with Gasteiger partial charge in [-0.1, -0.05) is 0 Å². The first kappa shape index (κ1) is 24.0. The summed E-state index contributed by atoms with van der Waals surface area (Å²) in [6.07, 6.45) is 13.7. The number of unbranched alkanes of at least 4 members (excludes halogenated alkanes) is 3. The van der Waals surface area contributed by atoms with Crippen molar-refractivity contribution < 1.29 is 9.22 Å². The average Bonchev–Trinajstić information content (AvgIpc) is 2.50. The number of carbonyl (C=O) groups excluding carboxylic acids is 1. The second kappa shape index (κ2) is 13.2. The molecule has 0 aliphatic heterocycles. The fourth-order valence-electron chi connectivity index (χ4n) is 2.94. The van der Waals surface area contributed by atoms with E-state index in [0.717, 1.165) is 0 Å². The Labute approximate surface area is 156 Å². The molecule has 0 spiro atoms. The van der Waals surface area contributed by atoms with Gasteiger partial charge in [-0.2, -0.15) is 0 Å². The second-order valence-corrected chi connectivity index (χ2v) is 25.4. The zero-order valence-electron chi connectivity index (χ0n) is 17.0. The molecule has 0 unspecified atom stereocenters. The maximum atomic E-state index is 11.8. The molecule has 0 atom stereocenters. The summed E-state index contributed by atoms with van der Waals surface area (Å²) in [5, 5.41) is 0. The van der Waals surface area contributed by atoms with Crippen molar-refractivity contribution >= 4 is 32.7 Å². The maximum absolute atomic E-state index is 11.8. The molecule has 2 nitrogen and oxygen atoms in total. The summed E-state index contributed by atoms with van der Waals surface area (Å²) in [5.74, 6) is -0.185. The zero-order valence-corrected chi connectivity index (χ0v) is 20.8. The van der Waals surface area contributed by atoms with E-state index in [2.05, 4.69) is 30.9 Å². The summed E-state index contributed by atoms with van der Waals surface area (Å²) < 4.78 is 12.4. The molecule has 0 amide bonds. The van der Waals surface area contributed by atoms with Gasteiger partial charge in [-0.15, -0.1) is 0 Å². The van der Waals surface area contributed by atoms with E-state index in [1.54, 1.807) is 6.08 Å². The van der Waals surface area contributed by atoms with E-state index in [1.807, 2.05) is 25.7 Å². The average molecular weight is 459 g/mol. The molecule has 0 aromatic heterocycles. The van der Waals surface area contributed by atoms with Crippen molar-refractivity contribution in [3.63, 3.8) is 0 Å². The van der Waals surface area contributed by atoms with E-state index in [9.17, 15) is 4.79 Å². The molecule has 0 aromatic rings. The molecule has 0 N–H and O–H groups in total. The first-order valence-electron chi connectivity index (χ1n) is 9.87. The van der Waals surface area contributed by atoms with Gasteiger partial charge in [0.05, 0.1) is 0 Å². The summed E-state index contributed by atoms with van der Waals surface area (Å²) in [7, 11) is -1.78. The van der Waals surface area contributed by atoms with Gasteiger partial charge < -0.3 is 0 Å². The van der Waals surface area contributed by atoms with Crippen LogP contribution in [-0.4, -0.2) is 32.7 Å². The molecule has 0 aromatic carbocycles. The third-order valence-corrected chi connectivity index (χ3v) is 19.2. The van der Waals surface area contributed by atoms with Gasteiger partial charge in [-0.25, -0.2) is 0 Å². The van der Waals surface area contributed by atoms with Crippen molar-refractivity contribution in [3.05, 3.63) is 22.3 Å². The molecule has 24 heavy (non-hydrogen) atoms. The zero-order chi connectivity index (χ0) is 18.5. The first-order valence-corrected chi connectivity index (χ1v) is 21.0. The number of hydrogen-bond donors (Lipinski definition) is 0. The summed E-state index contributed by atoms with van der Waals surface area (Å²) in [4.78, 5) is 11.8. The third-order valence-electron chi connectivity index (χ3n) is 4.28. The molecule has 0 saturated carbocycles. The van der Waals surface area contributed by atoms with Crippen LogP contribution < -0.4 is 0 Å². The molecular formula is C20H40O2SiSn. The van der Waals surface area contributed by atoms with Crippen molar-refractivity contribution in [1.29, 1.82) is 0 Å². The van der Waals surface area contributed by atoms with Crippen LogP contribution in [0.1, 0.15) is 59.3 Å². The van der Waals surface area contributed by atoms with Crippen LogP contribution >= 0.6 is 0 Å². The molecule has 0 bridgehead atoms. The molecule has 0 aliphatic rings. The van der Waals surface area contributed by atoms with Crippen LogP contribution in [0.2, 0.25) is 33.0 Å². The van der Waals surface area contributed by atoms with Gasteiger partial charge in [0.25, 0.3) is 0 Å². The topological polar surface area (TPSA) is 26.3 Å². The minimum absolute atomic E-state index is 0.185. The molecular weight excluding hydrogens is 419 g/mol. The van der Waals surface area contributed by atoms with Crippen LogP contribution in [0.25, 0.3) is 0 Å². The van der Waals surface area contributed by atoms with Gasteiger partial charge in [0, 0.05) is 0 Å². The van der Waals surface area contributed by atoms with E-state index in [0.29, 0.717) is 0 Å². The molecule has 4 heteroatoms. The quantitative estimate of drug-likeness (QED) is 0.171. The monoisotopic (exact) mass is 460 g/mol. The Hall–Kier alpha value is -0.0344. The van der Waals surface area contributed by atoms with Gasteiger partial charge >= 0.3 is 156 Å².